The highest BCUT2D eigenvalue weighted by Crippen LogP contribution is 2.21. The van der Waals surface area contributed by atoms with Gasteiger partial charge in [-0.2, -0.15) is 0 Å². The van der Waals surface area contributed by atoms with E-state index in [-0.39, 0.29) is 0 Å². The van der Waals surface area contributed by atoms with Crippen molar-refractivity contribution in [3.05, 3.63) is 72.8 Å². The molecule has 0 fully saturated rings. The second-order valence-electron chi connectivity index (χ2n) is 5.49. The first kappa shape index (κ1) is 12.3. The molecule has 0 atom stereocenters. The number of aromatic nitrogens is 4. The third-order valence-electron chi connectivity index (χ3n) is 4.04. The van der Waals surface area contributed by atoms with Gasteiger partial charge >= 0.3 is 0 Å². The van der Waals surface area contributed by atoms with Crippen molar-refractivity contribution in [3.63, 3.8) is 0 Å². The highest BCUT2D eigenvalue weighted by Gasteiger charge is 2.10. The largest absolute Gasteiger partial charge is 0.244 e. The van der Waals surface area contributed by atoms with E-state index in [1.165, 1.54) is 0 Å². The molecule has 5 rings (SSSR count). The van der Waals surface area contributed by atoms with Crippen molar-refractivity contribution in [1.82, 2.24) is 19.6 Å². The maximum atomic E-state index is 4.68. The van der Waals surface area contributed by atoms with Gasteiger partial charge in [0.1, 0.15) is 5.69 Å². The Morgan fingerprint density at radius 1 is 0.652 bits per heavy atom. The lowest BCUT2D eigenvalue weighted by molar-refractivity contribution is 1.00. The summed E-state index contributed by atoms with van der Waals surface area (Å²) in [5.41, 5.74) is 3.61. The number of hydrogen-bond donors (Lipinski definition) is 0. The third kappa shape index (κ3) is 1.89. The van der Waals surface area contributed by atoms with Crippen molar-refractivity contribution < 1.29 is 0 Å². The Morgan fingerprint density at radius 3 is 2.39 bits per heavy atom. The van der Waals surface area contributed by atoms with Crippen LogP contribution in [-0.2, 0) is 0 Å². The number of para-hydroxylation sites is 2. The molecule has 4 heteroatoms. The van der Waals surface area contributed by atoms with Crippen LogP contribution in [0.15, 0.2) is 72.8 Å². The van der Waals surface area contributed by atoms with Crippen LogP contribution in [0.3, 0.4) is 0 Å². The Balaban J connectivity index is 1.76. The second-order valence-corrected chi connectivity index (χ2v) is 5.49. The molecular formula is C19H12N4. The normalized spacial score (nSPS) is 11.5. The summed E-state index contributed by atoms with van der Waals surface area (Å²) in [6.45, 7) is 0. The smallest absolute Gasteiger partial charge is 0.200 e. The maximum Gasteiger partial charge on any atom is 0.200 e. The van der Waals surface area contributed by atoms with Gasteiger partial charge in [0.15, 0.2) is 5.65 Å². The minimum Gasteiger partial charge on any atom is -0.244 e. The number of hydrogen-bond acceptors (Lipinski definition) is 3. The maximum absolute atomic E-state index is 4.68. The average molecular weight is 296 g/mol. The lowest BCUT2D eigenvalue weighted by Gasteiger charge is -1.99. The highest BCUT2D eigenvalue weighted by molar-refractivity contribution is 5.83. The molecule has 0 radical (unpaired) electrons. The van der Waals surface area contributed by atoms with Gasteiger partial charge in [-0.25, -0.2) is 14.5 Å². The number of nitrogens with zero attached hydrogens (tertiary/aromatic N) is 4. The fourth-order valence-electron chi connectivity index (χ4n) is 2.89. The number of fused-ring (bicyclic) bond motifs is 4. The summed E-state index contributed by atoms with van der Waals surface area (Å²) in [5, 5.41) is 6.92. The predicted molar refractivity (Wildman–Crippen MR) is 91.2 cm³/mol. The third-order valence-corrected chi connectivity index (χ3v) is 4.04. The van der Waals surface area contributed by atoms with E-state index in [4.69, 9.17) is 0 Å². The molecule has 3 heterocycles. The minimum absolute atomic E-state index is 0.645. The Bertz CT molecular complexity index is 1170. The fraction of sp³-hybridized carbons (Fsp3) is 0. The van der Waals surface area contributed by atoms with Crippen LogP contribution in [0.2, 0.25) is 0 Å². The van der Waals surface area contributed by atoms with E-state index in [1.807, 2.05) is 47.0 Å². The topological polar surface area (TPSA) is 43.1 Å². The predicted octanol–water partition coefficient (Wildman–Crippen LogP) is 4.10. The minimum atomic E-state index is 0.645. The summed E-state index contributed by atoms with van der Waals surface area (Å²) >= 11 is 0. The molecule has 0 saturated heterocycles. The molecule has 5 aromatic rings. The van der Waals surface area contributed by atoms with E-state index in [0.29, 0.717) is 5.82 Å². The molecule has 0 aliphatic carbocycles. The zero-order valence-electron chi connectivity index (χ0n) is 12.2. The van der Waals surface area contributed by atoms with E-state index < -0.39 is 0 Å². The standard InChI is InChI=1S/C19H12N4/c1-3-7-15-13(5-1)9-11-16(20-15)19-21-18-12-10-14-6-2-4-8-17(14)23(18)22-19/h1-12H. The number of rotatable bonds is 1. The molecule has 0 aliphatic heterocycles. The quantitative estimate of drug-likeness (QED) is 0.468. The fourth-order valence-corrected chi connectivity index (χ4v) is 2.89. The van der Waals surface area contributed by atoms with E-state index in [9.17, 15) is 0 Å². The van der Waals surface area contributed by atoms with Crippen molar-refractivity contribution >= 4 is 27.5 Å². The Hall–Kier alpha value is -3.27. The van der Waals surface area contributed by atoms with Gasteiger partial charge in [-0.05, 0) is 30.3 Å². The number of pyridine rings is 2. The van der Waals surface area contributed by atoms with Crippen LogP contribution >= 0.6 is 0 Å². The average Bonchev–Trinajstić information content (AvgIpc) is 3.06. The molecule has 0 spiro atoms. The summed E-state index contributed by atoms with van der Waals surface area (Å²) in [7, 11) is 0. The van der Waals surface area contributed by atoms with Crippen molar-refractivity contribution in [2.75, 3.05) is 0 Å². The summed E-state index contributed by atoms with van der Waals surface area (Å²) in [4.78, 5) is 9.31. The zero-order valence-corrected chi connectivity index (χ0v) is 12.2. The zero-order chi connectivity index (χ0) is 15.2. The van der Waals surface area contributed by atoms with Gasteiger partial charge in [0, 0.05) is 10.8 Å². The van der Waals surface area contributed by atoms with Crippen molar-refractivity contribution in [1.29, 1.82) is 0 Å². The lowest BCUT2D eigenvalue weighted by Crippen LogP contribution is -1.91. The second kappa shape index (κ2) is 4.61. The van der Waals surface area contributed by atoms with Crippen LogP contribution in [0, 0.1) is 0 Å². The molecule has 0 aliphatic rings. The first-order valence-corrected chi connectivity index (χ1v) is 7.49. The van der Waals surface area contributed by atoms with Gasteiger partial charge in [0.2, 0.25) is 5.82 Å². The molecule has 0 amide bonds. The van der Waals surface area contributed by atoms with Gasteiger partial charge in [0.05, 0.1) is 11.0 Å². The van der Waals surface area contributed by atoms with Gasteiger partial charge in [-0.3, -0.25) is 0 Å². The van der Waals surface area contributed by atoms with Crippen LogP contribution in [0.5, 0.6) is 0 Å². The molecule has 108 valence electrons. The van der Waals surface area contributed by atoms with Crippen LogP contribution in [-0.4, -0.2) is 19.6 Å². The van der Waals surface area contributed by atoms with Crippen molar-refractivity contribution in [2.45, 2.75) is 0 Å². The summed E-state index contributed by atoms with van der Waals surface area (Å²) in [5.74, 6) is 0.645. The summed E-state index contributed by atoms with van der Waals surface area (Å²) in [6.07, 6.45) is 0. The highest BCUT2D eigenvalue weighted by atomic mass is 15.3. The molecule has 0 saturated carbocycles. The van der Waals surface area contributed by atoms with E-state index in [0.717, 1.165) is 33.1 Å². The molecule has 4 nitrogen and oxygen atoms in total. The van der Waals surface area contributed by atoms with E-state index in [1.54, 1.807) is 0 Å². The van der Waals surface area contributed by atoms with Crippen LogP contribution in [0.25, 0.3) is 39.0 Å². The SMILES string of the molecule is c1ccc2nc(-c3nc4ccc5ccccc5n4n3)ccc2c1. The lowest BCUT2D eigenvalue weighted by atomic mass is 10.2. The van der Waals surface area contributed by atoms with Crippen LogP contribution in [0.1, 0.15) is 0 Å². The van der Waals surface area contributed by atoms with Gasteiger partial charge in [0.25, 0.3) is 0 Å². The Labute approximate surface area is 132 Å². The Morgan fingerprint density at radius 2 is 1.43 bits per heavy atom. The molecule has 2 aromatic carbocycles. The van der Waals surface area contributed by atoms with E-state index >= 15 is 0 Å². The first-order valence-electron chi connectivity index (χ1n) is 7.49. The first-order chi connectivity index (χ1) is 11.4. The van der Waals surface area contributed by atoms with Gasteiger partial charge < -0.3 is 0 Å². The van der Waals surface area contributed by atoms with Crippen molar-refractivity contribution in [3.8, 4) is 11.5 Å². The molecule has 0 bridgehead atoms. The Kier molecular flexibility index (Phi) is 2.46. The number of benzene rings is 2. The molecule has 23 heavy (non-hydrogen) atoms. The van der Waals surface area contributed by atoms with Gasteiger partial charge in [-0.1, -0.05) is 42.5 Å². The molecule has 3 aromatic heterocycles. The van der Waals surface area contributed by atoms with Crippen LogP contribution < -0.4 is 0 Å². The molecular weight excluding hydrogens is 284 g/mol. The van der Waals surface area contributed by atoms with E-state index in [2.05, 4.69) is 45.4 Å². The summed E-state index contributed by atoms with van der Waals surface area (Å²) < 4.78 is 1.88. The summed E-state index contributed by atoms with van der Waals surface area (Å²) in [6, 6.07) is 24.3. The van der Waals surface area contributed by atoms with Gasteiger partial charge in [-0.15, -0.1) is 5.10 Å². The molecule has 0 unspecified atom stereocenters. The molecule has 0 N–H and O–H groups in total. The van der Waals surface area contributed by atoms with Crippen LogP contribution in [0.4, 0.5) is 0 Å². The monoisotopic (exact) mass is 296 g/mol. The van der Waals surface area contributed by atoms with Crippen molar-refractivity contribution in [2.24, 2.45) is 0 Å².